The van der Waals surface area contributed by atoms with Crippen molar-refractivity contribution in [3.8, 4) is 5.75 Å². The number of anilines is 1. The molecular weight excluding hydrogens is 296 g/mol. The first kappa shape index (κ1) is 16.5. The van der Waals surface area contributed by atoms with Gasteiger partial charge in [-0.2, -0.15) is 0 Å². The van der Waals surface area contributed by atoms with Crippen LogP contribution < -0.4 is 10.1 Å². The highest BCUT2D eigenvalue weighted by atomic mass is 16.6. The molecule has 120 valence electrons. The van der Waals surface area contributed by atoms with E-state index >= 15 is 0 Å². The molecule has 0 saturated heterocycles. The number of nitro benzene ring substituents is 1. The number of carbonyl (C=O) groups excluding carboxylic acids is 1. The van der Waals surface area contributed by atoms with Crippen LogP contribution in [0.1, 0.15) is 17.5 Å². The van der Waals surface area contributed by atoms with E-state index in [4.69, 9.17) is 4.74 Å². The van der Waals surface area contributed by atoms with Gasteiger partial charge in [0.2, 0.25) is 5.91 Å². The maximum absolute atomic E-state index is 12.0. The fourth-order valence-corrected chi connectivity index (χ4v) is 2.12. The molecule has 0 fully saturated rings. The van der Waals surface area contributed by atoms with Crippen molar-refractivity contribution in [1.82, 2.24) is 0 Å². The predicted octanol–water partition coefficient (Wildman–Crippen LogP) is 3.48. The summed E-state index contributed by atoms with van der Waals surface area (Å²) in [7, 11) is 1.43. The van der Waals surface area contributed by atoms with Crippen LogP contribution in [0.2, 0.25) is 0 Å². The number of rotatable bonds is 6. The number of nitrogens with zero attached hydrogens (tertiary/aromatic N) is 1. The summed E-state index contributed by atoms with van der Waals surface area (Å²) in [6.07, 6.45) is 0.836. The van der Waals surface area contributed by atoms with Crippen molar-refractivity contribution in [3.63, 3.8) is 0 Å². The predicted molar refractivity (Wildman–Crippen MR) is 87.8 cm³/mol. The highest BCUT2D eigenvalue weighted by Crippen LogP contribution is 2.29. The Hall–Kier alpha value is -2.89. The van der Waals surface area contributed by atoms with Gasteiger partial charge in [-0.1, -0.05) is 29.8 Å². The second-order valence-electron chi connectivity index (χ2n) is 5.17. The van der Waals surface area contributed by atoms with Gasteiger partial charge in [0.25, 0.3) is 5.69 Å². The summed E-state index contributed by atoms with van der Waals surface area (Å²) in [6, 6.07) is 12.2. The third-order valence-electron chi connectivity index (χ3n) is 3.44. The van der Waals surface area contributed by atoms with Gasteiger partial charge in [-0.05, 0) is 31.0 Å². The van der Waals surface area contributed by atoms with E-state index in [9.17, 15) is 14.9 Å². The molecular formula is C17H18N2O4. The Morgan fingerprint density at radius 1 is 1.22 bits per heavy atom. The Morgan fingerprint density at radius 2 is 1.91 bits per heavy atom. The third-order valence-corrected chi connectivity index (χ3v) is 3.44. The number of nitro groups is 1. The van der Waals surface area contributed by atoms with Gasteiger partial charge in [0.05, 0.1) is 18.1 Å². The van der Waals surface area contributed by atoms with Gasteiger partial charge < -0.3 is 10.1 Å². The first-order valence-electron chi connectivity index (χ1n) is 7.17. The summed E-state index contributed by atoms with van der Waals surface area (Å²) in [4.78, 5) is 22.6. The lowest BCUT2D eigenvalue weighted by atomic mass is 10.1. The summed E-state index contributed by atoms with van der Waals surface area (Å²) >= 11 is 0. The van der Waals surface area contributed by atoms with Crippen LogP contribution in [-0.4, -0.2) is 17.9 Å². The van der Waals surface area contributed by atoms with E-state index in [1.807, 2.05) is 31.2 Å². The van der Waals surface area contributed by atoms with Crippen LogP contribution in [0.25, 0.3) is 0 Å². The van der Waals surface area contributed by atoms with Gasteiger partial charge in [0, 0.05) is 6.42 Å². The highest BCUT2D eigenvalue weighted by Gasteiger charge is 2.17. The van der Waals surface area contributed by atoms with Crippen molar-refractivity contribution in [3.05, 3.63) is 63.7 Å². The van der Waals surface area contributed by atoms with Crippen LogP contribution in [0.15, 0.2) is 42.5 Å². The topological polar surface area (TPSA) is 81.5 Å². The zero-order valence-corrected chi connectivity index (χ0v) is 13.0. The first-order valence-corrected chi connectivity index (χ1v) is 7.17. The van der Waals surface area contributed by atoms with Crippen LogP contribution in [0, 0.1) is 17.0 Å². The highest BCUT2D eigenvalue weighted by molar-refractivity contribution is 5.93. The number of benzene rings is 2. The lowest BCUT2D eigenvalue weighted by Crippen LogP contribution is -2.13. The van der Waals surface area contributed by atoms with Crippen LogP contribution >= 0.6 is 0 Å². The maximum Gasteiger partial charge on any atom is 0.296 e. The molecule has 0 saturated carbocycles. The SMILES string of the molecule is COc1ccc(NC(=O)CCc2ccc(C)cc2)c([N+](=O)[O-])c1. The first-order chi connectivity index (χ1) is 11.0. The van der Waals surface area contributed by atoms with E-state index in [2.05, 4.69) is 5.32 Å². The molecule has 2 aromatic rings. The molecule has 6 heteroatoms. The van der Waals surface area contributed by atoms with Crippen LogP contribution in [-0.2, 0) is 11.2 Å². The minimum atomic E-state index is -0.544. The summed E-state index contributed by atoms with van der Waals surface area (Å²) in [6.45, 7) is 2.00. The van der Waals surface area contributed by atoms with Gasteiger partial charge in [-0.3, -0.25) is 14.9 Å². The Kier molecular flexibility index (Phi) is 5.30. The van der Waals surface area contributed by atoms with E-state index in [-0.39, 0.29) is 23.7 Å². The van der Waals surface area contributed by atoms with Crippen molar-refractivity contribution in [2.24, 2.45) is 0 Å². The van der Waals surface area contributed by atoms with Crippen molar-refractivity contribution in [2.45, 2.75) is 19.8 Å². The summed E-state index contributed by atoms with van der Waals surface area (Å²) in [5, 5.41) is 13.7. The number of hydrogen-bond donors (Lipinski definition) is 1. The summed E-state index contributed by atoms with van der Waals surface area (Å²) < 4.78 is 4.96. The molecule has 0 unspecified atom stereocenters. The normalized spacial score (nSPS) is 10.2. The number of ether oxygens (including phenoxy) is 1. The average Bonchev–Trinajstić information content (AvgIpc) is 2.54. The molecule has 2 rings (SSSR count). The molecule has 6 nitrogen and oxygen atoms in total. The molecule has 0 radical (unpaired) electrons. The smallest absolute Gasteiger partial charge is 0.296 e. The van der Waals surface area contributed by atoms with E-state index < -0.39 is 4.92 Å². The van der Waals surface area contributed by atoms with E-state index in [1.165, 1.54) is 19.2 Å². The van der Waals surface area contributed by atoms with Crippen molar-refractivity contribution < 1.29 is 14.5 Å². The quantitative estimate of drug-likeness (QED) is 0.653. The Balaban J connectivity index is 2.02. The lowest BCUT2D eigenvalue weighted by Gasteiger charge is -2.08. The second kappa shape index (κ2) is 7.40. The standard InChI is InChI=1S/C17H18N2O4/c1-12-3-5-13(6-4-12)7-10-17(20)18-15-9-8-14(23-2)11-16(15)19(21)22/h3-6,8-9,11H,7,10H2,1-2H3,(H,18,20). The number of aryl methyl sites for hydroxylation is 2. The fourth-order valence-electron chi connectivity index (χ4n) is 2.12. The maximum atomic E-state index is 12.0. The van der Waals surface area contributed by atoms with Gasteiger partial charge in [0.15, 0.2) is 0 Å². The number of nitrogens with one attached hydrogen (secondary N) is 1. The van der Waals surface area contributed by atoms with Gasteiger partial charge in [0.1, 0.15) is 11.4 Å². The molecule has 0 aromatic heterocycles. The summed E-state index contributed by atoms with van der Waals surface area (Å²) in [5.41, 5.74) is 2.19. The zero-order valence-electron chi connectivity index (χ0n) is 13.0. The Labute approximate surface area is 134 Å². The van der Waals surface area contributed by atoms with E-state index in [0.29, 0.717) is 12.2 Å². The molecule has 0 aliphatic carbocycles. The number of amides is 1. The Bertz CT molecular complexity index is 711. The van der Waals surface area contributed by atoms with E-state index in [0.717, 1.165) is 11.1 Å². The largest absolute Gasteiger partial charge is 0.496 e. The number of hydrogen-bond acceptors (Lipinski definition) is 4. The van der Waals surface area contributed by atoms with Gasteiger partial charge in [-0.25, -0.2) is 0 Å². The van der Waals surface area contributed by atoms with Gasteiger partial charge in [-0.15, -0.1) is 0 Å². The monoisotopic (exact) mass is 314 g/mol. The van der Waals surface area contributed by atoms with Crippen LogP contribution in [0.5, 0.6) is 5.75 Å². The minimum Gasteiger partial charge on any atom is -0.496 e. The zero-order chi connectivity index (χ0) is 16.8. The van der Waals surface area contributed by atoms with Crippen LogP contribution in [0.3, 0.4) is 0 Å². The van der Waals surface area contributed by atoms with Crippen molar-refractivity contribution in [2.75, 3.05) is 12.4 Å². The molecule has 0 heterocycles. The lowest BCUT2D eigenvalue weighted by molar-refractivity contribution is -0.384. The molecule has 23 heavy (non-hydrogen) atoms. The van der Waals surface area contributed by atoms with Gasteiger partial charge >= 0.3 is 0 Å². The van der Waals surface area contributed by atoms with Crippen molar-refractivity contribution in [1.29, 1.82) is 0 Å². The minimum absolute atomic E-state index is 0.171. The number of methoxy groups -OCH3 is 1. The number of carbonyl (C=O) groups is 1. The second-order valence-corrected chi connectivity index (χ2v) is 5.17. The fraction of sp³-hybridized carbons (Fsp3) is 0.235. The molecule has 0 bridgehead atoms. The molecule has 1 N–H and O–H groups in total. The van der Waals surface area contributed by atoms with Crippen LogP contribution in [0.4, 0.5) is 11.4 Å². The Morgan fingerprint density at radius 3 is 2.52 bits per heavy atom. The third kappa shape index (κ3) is 4.54. The average molecular weight is 314 g/mol. The van der Waals surface area contributed by atoms with E-state index in [1.54, 1.807) is 6.07 Å². The summed E-state index contributed by atoms with van der Waals surface area (Å²) in [5.74, 6) is 0.105. The molecule has 0 aliphatic rings. The molecule has 0 aliphatic heterocycles. The molecule has 0 spiro atoms. The van der Waals surface area contributed by atoms with Crippen molar-refractivity contribution >= 4 is 17.3 Å². The molecule has 2 aromatic carbocycles. The molecule has 1 amide bonds. The molecule has 0 atom stereocenters.